The average molecular weight is 395 g/mol. The maximum Gasteiger partial charge on any atom is 0.264 e. The smallest absolute Gasteiger partial charge is 0.264 e. The third-order valence-corrected chi connectivity index (χ3v) is 7.33. The number of para-hydroxylation sites is 1. The summed E-state index contributed by atoms with van der Waals surface area (Å²) in [5, 5.41) is 6.45. The number of fused-ring (bicyclic) bond motifs is 1. The lowest BCUT2D eigenvalue weighted by Crippen LogP contribution is -2.36. The Morgan fingerprint density at radius 1 is 1.11 bits per heavy atom. The van der Waals surface area contributed by atoms with Gasteiger partial charge >= 0.3 is 0 Å². The number of anilines is 1. The predicted octanol–water partition coefficient (Wildman–Crippen LogP) is 3.19. The topological polar surface area (TPSA) is 83.1 Å². The molecule has 2 heterocycles. The van der Waals surface area contributed by atoms with Crippen LogP contribution >= 0.6 is 0 Å². The molecule has 6 nitrogen and oxygen atoms in total. The van der Waals surface area contributed by atoms with Crippen molar-refractivity contribution >= 4 is 15.7 Å². The predicted molar refractivity (Wildman–Crippen MR) is 109 cm³/mol. The largest absolute Gasteiger partial charge is 0.268 e. The molecular formula is C21H21N3O3S. The summed E-state index contributed by atoms with van der Waals surface area (Å²) in [7, 11) is -3.76. The number of nitrogens with one attached hydrogen (secondary N) is 1. The molecule has 0 saturated carbocycles. The van der Waals surface area contributed by atoms with Gasteiger partial charge in [0, 0.05) is 17.7 Å². The molecule has 1 aliphatic rings. The zero-order valence-electron chi connectivity index (χ0n) is 15.9. The van der Waals surface area contributed by atoms with E-state index in [1.807, 2.05) is 51.1 Å². The van der Waals surface area contributed by atoms with E-state index in [9.17, 15) is 13.2 Å². The van der Waals surface area contributed by atoms with Crippen LogP contribution in [-0.4, -0.2) is 24.7 Å². The fourth-order valence-electron chi connectivity index (χ4n) is 3.76. The zero-order chi connectivity index (χ0) is 20.1. The summed E-state index contributed by atoms with van der Waals surface area (Å²) in [6, 6.07) is 14.0. The molecule has 1 N–H and O–H groups in total. The highest BCUT2D eigenvalue weighted by molar-refractivity contribution is 7.93. The number of sulfonamides is 1. The van der Waals surface area contributed by atoms with E-state index in [4.69, 9.17) is 0 Å². The van der Waals surface area contributed by atoms with Crippen LogP contribution in [0.5, 0.6) is 0 Å². The van der Waals surface area contributed by atoms with Crippen molar-refractivity contribution in [1.29, 1.82) is 0 Å². The van der Waals surface area contributed by atoms with Gasteiger partial charge in [0.2, 0.25) is 0 Å². The van der Waals surface area contributed by atoms with Crippen LogP contribution in [0.3, 0.4) is 0 Å². The van der Waals surface area contributed by atoms with E-state index in [0.29, 0.717) is 23.2 Å². The molecule has 0 amide bonds. The Labute approximate surface area is 163 Å². The van der Waals surface area contributed by atoms with E-state index < -0.39 is 10.0 Å². The quantitative estimate of drug-likeness (QED) is 0.738. The lowest BCUT2D eigenvalue weighted by molar-refractivity contribution is 0.583. The van der Waals surface area contributed by atoms with E-state index in [1.54, 1.807) is 12.1 Å². The minimum absolute atomic E-state index is 0.156. The van der Waals surface area contributed by atoms with Crippen molar-refractivity contribution in [3.63, 3.8) is 0 Å². The standard InChI is InChI=1S/C21H21N3O3S/c1-13-10-17(18-8-9-21(25)23-22-18)12-20(15(13)3)28(26,27)24-14(2)11-16-6-4-5-7-19(16)24/h4-10,12,14H,11H2,1-3H3,(H,23,25). The number of aryl methyl sites for hydroxylation is 1. The summed E-state index contributed by atoms with van der Waals surface area (Å²) in [5.41, 5.74) is 4.20. The van der Waals surface area contributed by atoms with Crippen molar-refractivity contribution in [2.24, 2.45) is 0 Å². The Morgan fingerprint density at radius 2 is 1.86 bits per heavy atom. The third-order valence-electron chi connectivity index (χ3n) is 5.28. The third kappa shape index (κ3) is 2.92. The van der Waals surface area contributed by atoms with Crippen LogP contribution in [0.4, 0.5) is 5.69 Å². The van der Waals surface area contributed by atoms with Crippen LogP contribution < -0.4 is 9.86 Å². The summed E-state index contributed by atoms with van der Waals surface area (Å²) in [5.74, 6) is 0. The number of hydrogen-bond donors (Lipinski definition) is 1. The first-order chi connectivity index (χ1) is 13.3. The normalized spacial score (nSPS) is 16.2. The molecule has 0 spiro atoms. The minimum Gasteiger partial charge on any atom is -0.268 e. The maximum absolute atomic E-state index is 13.7. The second kappa shape index (κ2) is 6.60. The lowest BCUT2D eigenvalue weighted by Gasteiger charge is -2.26. The van der Waals surface area contributed by atoms with E-state index in [0.717, 1.165) is 16.8 Å². The molecule has 0 saturated heterocycles. The first-order valence-corrected chi connectivity index (χ1v) is 10.5. The molecule has 0 radical (unpaired) electrons. The van der Waals surface area contributed by atoms with Crippen molar-refractivity contribution in [2.75, 3.05) is 4.31 Å². The summed E-state index contributed by atoms with van der Waals surface area (Å²) in [6.45, 7) is 5.62. The molecule has 0 bridgehead atoms. The van der Waals surface area contributed by atoms with Crippen LogP contribution in [-0.2, 0) is 16.4 Å². The number of aromatic nitrogens is 2. The monoisotopic (exact) mass is 395 g/mol. The molecule has 144 valence electrons. The minimum atomic E-state index is -3.76. The Balaban J connectivity index is 1.89. The van der Waals surface area contributed by atoms with Gasteiger partial charge in [0.25, 0.3) is 15.6 Å². The van der Waals surface area contributed by atoms with Crippen LogP contribution in [0.1, 0.15) is 23.6 Å². The van der Waals surface area contributed by atoms with Gasteiger partial charge in [-0.3, -0.25) is 9.10 Å². The van der Waals surface area contributed by atoms with Gasteiger partial charge in [0.05, 0.1) is 16.3 Å². The fourth-order valence-corrected chi connectivity index (χ4v) is 5.78. The van der Waals surface area contributed by atoms with Gasteiger partial charge in [-0.25, -0.2) is 13.5 Å². The lowest BCUT2D eigenvalue weighted by atomic mass is 10.0. The van der Waals surface area contributed by atoms with Crippen molar-refractivity contribution in [2.45, 2.75) is 38.1 Å². The van der Waals surface area contributed by atoms with Gasteiger partial charge in [-0.2, -0.15) is 5.10 Å². The highest BCUT2D eigenvalue weighted by Gasteiger charge is 2.37. The van der Waals surface area contributed by atoms with Gasteiger partial charge in [-0.15, -0.1) is 0 Å². The van der Waals surface area contributed by atoms with Gasteiger partial charge in [0.15, 0.2) is 0 Å². The molecule has 0 fully saturated rings. The van der Waals surface area contributed by atoms with Crippen molar-refractivity contribution in [1.82, 2.24) is 10.2 Å². The molecule has 1 atom stereocenters. The zero-order valence-corrected chi connectivity index (χ0v) is 16.7. The number of aromatic amines is 1. The highest BCUT2D eigenvalue weighted by atomic mass is 32.2. The van der Waals surface area contributed by atoms with Gasteiger partial charge < -0.3 is 0 Å². The van der Waals surface area contributed by atoms with Crippen LogP contribution in [0.15, 0.2) is 58.2 Å². The second-order valence-corrected chi connectivity index (χ2v) is 8.99. The molecule has 1 aromatic heterocycles. The summed E-state index contributed by atoms with van der Waals surface area (Å²) >= 11 is 0. The van der Waals surface area contributed by atoms with Crippen molar-refractivity contribution in [3.8, 4) is 11.3 Å². The molecule has 7 heteroatoms. The van der Waals surface area contributed by atoms with E-state index in [1.165, 1.54) is 10.4 Å². The first kappa shape index (κ1) is 18.4. The molecule has 4 rings (SSSR count). The molecule has 28 heavy (non-hydrogen) atoms. The van der Waals surface area contributed by atoms with Gasteiger partial charge in [0.1, 0.15) is 0 Å². The fraction of sp³-hybridized carbons (Fsp3) is 0.238. The van der Waals surface area contributed by atoms with Crippen LogP contribution in [0.25, 0.3) is 11.3 Å². The Bertz CT molecular complexity index is 1210. The molecular weight excluding hydrogens is 374 g/mol. The van der Waals surface area contributed by atoms with Crippen molar-refractivity contribution < 1.29 is 8.42 Å². The van der Waals surface area contributed by atoms with E-state index >= 15 is 0 Å². The second-order valence-electron chi connectivity index (χ2n) is 7.21. The number of nitrogens with zero attached hydrogens (tertiary/aromatic N) is 2. The number of hydrogen-bond acceptors (Lipinski definition) is 4. The molecule has 0 aliphatic carbocycles. The molecule has 1 unspecified atom stereocenters. The average Bonchev–Trinajstić information content (AvgIpc) is 3.00. The Morgan fingerprint density at radius 3 is 2.57 bits per heavy atom. The molecule has 2 aromatic carbocycles. The van der Waals surface area contributed by atoms with Gasteiger partial charge in [-0.05, 0) is 68.1 Å². The van der Waals surface area contributed by atoms with E-state index in [-0.39, 0.29) is 16.5 Å². The Kier molecular flexibility index (Phi) is 4.34. The van der Waals surface area contributed by atoms with Crippen LogP contribution in [0, 0.1) is 13.8 Å². The van der Waals surface area contributed by atoms with Gasteiger partial charge in [-0.1, -0.05) is 18.2 Å². The maximum atomic E-state index is 13.7. The van der Waals surface area contributed by atoms with Crippen molar-refractivity contribution in [3.05, 3.63) is 75.6 Å². The number of rotatable bonds is 3. The van der Waals surface area contributed by atoms with E-state index in [2.05, 4.69) is 10.2 Å². The van der Waals surface area contributed by atoms with Crippen LogP contribution in [0.2, 0.25) is 0 Å². The highest BCUT2D eigenvalue weighted by Crippen LogP contribution is 2.38. The summed E-state index contributed by atoms with van der Waals surface area (Å²) in [6.07, 6.45) is 0.689. The SMILES string of the molecule is Cc1cc(-c2ccc(=O)[nH]n2)cc(S(=O)(=O)N2c3ccccc3CC2C)c1C. The molecule has 3 aromatic rings. The number of benzene rings is 2. The summed E-state index contributed by atoms with van der Waals surface area (Å²) in [4.78, 5) is 11.6. The summed E-state index contributed by atoms with van der Waals surface area (Å²) < 4.78 is 28.9. The first-order valence-electron chi connectivity index (χ1n) is 9.09. The number of H-pyrrole nitrogens is 1. The molecule has 1 aliphatic heterocycles. The Hall–Kier alpha value is -2.93.